The molecule has 3 aromatic rings. The number of furan rings is 1. The number of aromatic nitrogens is 1. The molecule has 0 amide bonds. The Morgan fingerprint density at radius 2 is 1.83 bits per heavy atom. The zero-order chi connectivity index (χ0) is 26.5. The third kappa shape index (κ3) is 5.54. The van der Waals surface area contributed by atoms with Crippen LogP contribution in [0.2, 0.25) is 5.02 Å². The summed E-state index contributed by atoms with van der Waals surface area (Å²) in [6.07, 6.45) is 1.62. The average Bonchev–Trinajstić information content (AvgIpc) is 3.33. The van der Waals surface area contributed by atoms with Crippen LogP contribution in [0.5, 0.6) is 5.88 Å². The number of hydrogen-bond acceptors (Lipinski definition) is 7. The van der Waals surface area contributed by atoms with E-state index in [0.717, 1.165) is 16.4 Å². The van der Waals surface area contributed by atoms with Gasteiger partial charge in [0.15, 0.2) is 5.82 Å². The van der Waals surface area contributed by atoms with E-state index < -0.39 is 40.2 Å². The van der Waals surface area contributed by atoms with Crippen LogP contribution in [-0.2, 0) is 33.8 Å². The summed E-state index contributed by atoms with van der Waals surface area (Å²) in [5.74, 6) is -0.519. The Hall–Kier alpha value is -1.82. The number of pyridine rings is 1. The molecule has 4 rings (SSSR count). The molecule has 194 valence electrons. The molecule has 1 aliphatic heterocycles. The molecule has 0 aliphatic carbocycles. The molecule has 3 heterocycles. The largest absolute Gasteiger partial charge is 0.598 e. The van der Waals surface area contributed by atoms with Crippen LogP contribution < -0.4 is 14.9 Å². The van der Waals surface area contributed by atoms with Crippen LogP contribution in [0.4, 0.5) is 4.39 Å². The van der Waals surface area contributed by atoms with Crippen LogP contribution >= 0.6 is 11.6 Å². The van der Waals surface area contributed by atoms with Crippen molar-refractivity contribution in [2.75, 3.05) is 0 Å². The summed E-state index contributed by atoms with van der Waals surface area (Å²) >= 11 is 4.70. The van der Waals surface area contributed by atoms with Gasteiger partial charge in [-0.2, -0.15) is 0 Å². The van der Waals surface area contributed by atoms with Crippen molar-refractivity contribution in [2.24, 2.45) is 0 Å². The highest BCUT2D eigenvalue weighted by Crippen LogP contribution is 2.37. The molecule has 11 heteroatoms. The standard InChI is InChI=1S/C25H31BClFN2O5S/c1-23(2,3)36(31)29-13-19-21(28)18(27)12-20(30-19)33-14-15-10-16-8-9-32-22(16)17(11-15)26-34-24(4,5)25(6,7)35-26/h8-12,29H,13-14H2,1-7H3. The molecule has 1 saturated heterocycles. The Balaban J connectivity index is 1.55. The van der Waals surface area contributed by atoms with Crippen LogP contribution in [0.25, 0.3) is 11.0 Å². The molecule has 1 fully saturated rings. The zero-order valence-corrected chi connectivity index (χ0v) is 23.1. The van der Waals surface area contributed by atoms with E-state index in [1.54, 1.807) is 6.26 Å². The smallest absolute Gasteiger partial charge is 0.498 e. The fourth-order valence-electron chi connectivity index (χ4n) is 3.63. The summed E-state index contributed by atoms with van der Waals surface area (Å²) in [7, 11) is -0.608. The number of rotatable bonds is 7. The van der Waals surface area contributed by atoms with E-state index in [0.29, 0.717) is 5.58 Å². The van der Waals surface area contributed by atoms with Crippen LogP contribution in [0.1, 0.15) is 59.7 Å². The molecule has 36 heavy (non-hydrogen) atoms. The third-order valence-electron chi connectivity index (χ3n) is 6.42. The fraction of sp³-hybridized carbons (Fsp3) is 0.480. The van der Waals surface area contributed by atoms with Gasteiger partial charge in [-0.3, -0.25) is 0 Å². The second-order valence-electron chi connectivity index (χ2n) is 10.8. The van der Waals surface area contributed by atoms with Gasteiger partial charge < -0.3 is 23.0 Å². The predicted molar refractivity (Wildman–Crippen MR) is 140 cm³/mol. The molecule has 2 aromatic heterocycles. The van der Waals surface area contributed by atoms with Crippen LogP contribution in [-0.4, -0.2) is 32.6 Å². The van der Waals surface area contributed by atoms with Gasteiger partial charge in [0.1, 0.15) is 16.9 Å². The first-order valence-corrected chi connectivity index (χ1v) is 13.2. The van der Waals surface area contributed by atoms with Gasteiger partial charge in [0.2, 0.25) is 5.88 Å². The van der Waals surface area contributed by atoms with Crippen LogP contribution in [0, 0.1) is 5.82 Å². The normalized spacial score (nSPS) is 18.1. The molecule has 1 aromatic carbocycles. The highest BCUT2D eigenvalue weighted by Gasteiger charge is 2.52. The van der Waals surface area contributed by atoms with E-state index in [-0.39, 0.29) is 29.7 Å². The van der Waals surface area contributed by atoms with Crippen molar-refractivity contribution in [1.82, 2.24) is 9.71 Å². The summed E-state index contributed by atoms with van der Waals surface area (Å²) in [4.78, 5) is 4.25. The summed E-state index contributed by atoms with van der Waals surface area (Å²) in [6, 6.07) is 7.04. The van der Waals surface area contributed by atoms with Gasteiger partial charge in [0, 0.05) is 28.3 Å². The Bertz CT molecular complexity index is 1250. The summed E-state index contributed by atoms with van der Waals surface area (Å²) in [5.41, 5.74) is 1.29. The van der Waals surface area contributed by atoms with Gasteiger partial charge >= 0.3 is 7.12 Å². The average molecular weight is 537 g/mol. The first-order valence-electron chi connectivity index (χ1n) is 11.7. The van der Waals surface area contributed by atoms with E-state index >= 15 is 0 Å². The second-order valence-corrected chi connectivity index (χ2v) is 13.3. The third-order valence-corrected chi connectivity index (χ3v) is 8.21. The molecular formula is C25H31BClFN2O5S. The summed E-state index contributed by atoms with van der Waals surface area (Å²) in [5, 5.41) is 0.752. The van der Waals surface area contributed by atoms with Gasteiger partial charge in [0.05, 0.1) is 34.7 Å². The zero-order valence-electron chi connectivity index (χ0n) is 21.5. The van der Waals surface area contributed by atoms with Gasteiger partial charge in [-0.05, 0) is 66.2 Å². The number of nitrogens with zero attached hydrogens (tertiary/aromatic N) is 1. The maximum Gasteiger partial charge on any atom is 0.498 e. The minimum atomic E-state index is -1.39. The van der Waals surface area contributed by atoms with Gasteiger partial charge in [-0.25, -0.2) is 9.37 Å². The lowest BCUT2D eigenvalue weighted by Gasteiger charge is -2.32. The highest BCUT2D eigenvalue weighted by molar-refractivity contribution is 7.90. The fourth-order valence-corrected chi connectivity index (χ4v) is 4.53. The van der Waals surface area contributed by atoms with Gasteiger partial charge in [-0.15, -0.1) is 4.72 Å². The predicted octanol–water partition coefficient (Wildman–Crippen LogP) is 5.05. The molecule has 1 N–H and O–H groups in total. The van der Waals surface area contributed by atoms with E-state index in [9.17, 15) is 8.94 Å². The molecule has 1 unspecified atom stereocenters. The Kier molecular flexibility index (Phi) is 7.42. The van der Waals surface area contributed by atoms with Gasteiger partial charge in [-0.1, -0.05) is 17.7 Å². The molecule has 0 spiro atoms. The maximum absolute atomic E-state index is 14.6. The first-order chi connectivity index (χ1) is 16.7. The van der Waals surface area contributed by atoms with Crippen molar-refractivity contribution in [2.45, 2.75) is 77.6 Å². The molecular weight excluding hydrogens is 506 g/mol. The highest BCUT2D eigenvalue weighted by atomic mass is 35.5. The summed E-state index contributed by atoms with van der Waals surface area (Å²) in [6.45, 7) is 13.5. The van der Waals surface area contributed by atoms with Crippen molar-refractivity contribution >= 4 is 46.5 Å². The lowest BCUT2D eigenvalue weighted by molar-refractivity contribution is 0.00578. The molecule has 1 aliphatic rings. The lowest BCUT2D eigenvalue weighted by atomic mass is 9.77. The minimum Gasteiger partial charge on any atom is -0.598 e. The number of nitrogens with one attached hydrogen (secondary N) is 1. The van der Waals surface area contributed by atoms with Crippen molar-refractivity contribution in [3.8, 4) is 5.88 Å². The topological polar surface area (TPSA) is 88.8 Å². The quantitative estimate of drug-likeness (QED) is 0.334. The van der Waals surface area contributed by atoms with Crippen molar-refractivity contribution in [1.29, 1.82) is 0 Å². The van der Waals surface area contributed by atoms with E-state index in [1.807, 2.05) is 66.7 Å². The van der Waals surface area contributed by atoms with Crippen molar-refractivity contribution in [3.63, 3.8) is 0 Å². The summed E-state index contributed by atoms with van der Waals surface area (Å²) < 4.78 is 53.2. The molecule has 1 atom stereocenters. The number of benzene rings is 1. The molecule has 0 saturated carbocycles. The molecule has 7 nitrogen and oxygen atoms in total. The van der Waals surface area contributed by atoms with E-state index in [2.05, 4.69) is 9.71 Å². The number of halogens is 2. The van der Waals surface area contributed by atoms with E-state index in [4.69, 9.17) is 30.1 Å². The van der Waals surface area contributed by atoms with Gasteiger partial charge in [0.25, 0.3) is 0 Å². The SMILES string of the molecule is CC(C)(C)[S+]([O-])NCc1nc(OCc2cc(B3OC(C)(C)C(C)(C)O3)c3occc3c2)cc(Cl)c1F. The van der Waals surface area contributed by atoms with Crippen LogP contribution in [0.15, 0.2) is 34.9 Å². The number of ether oxygens (including phenoxy) is 1. The molecule has 0 bridgehead atoms. The van der Waals surface area contributed by atoms with Crippen molar-refractivity contribution < 1.29 is 27.4 Å². The van der Waals surface area contributed by atoms with Crippen LogP contribution in [0.3, 0.4) is 0 Å². The number of hydrogen-bond donors (Lipinski definition) is 1. The Morgan fingerprint density at radius 3 is 2.47 bits per heavy atom. The number of fused-ring (bicyclic) bond motifs is 1. The molecule has 0 radical (unpaired) electrons. The minimum absolute atomic E-state index is 0.0262. The van der Waals surface area contributed by atoms with E-state index in [1.165, 1.54) is 6.07 Å². The monoisotopic (exact) mass is 536 g/mol. The first kappa shape index (κ1) is 27.2. The Morgan fingerprint density at radius 1 is 1.17 bits per heavy atom. The second kappa shape index (κ2) is 9.81. The maximum atomic E-state index is 14.6. The Labute approximate surface area is 219 Å². The lowest BCUT2D eigenvalue weighted by Crippen LogP contribution is -2.41. The van der Waals surface area contributed by atoms with Crippen molar-refractivity contribution in [3.05, 3.63) is 52.6 Å².